The molecule has 1 aromatic carbocycles. The first kappa shape index (κ1) is 17.9. The van der Waals surface area contributed by atoms with E-state index in [1.807, 2.05) is 12.1 Å². The number of rotatable bonds is 7. The van der Waals surface area contributed by atoms with Gasteiger partial charge in [-0.15, -0.1) is 0 Å². The maximum atomic E-state index is 12.1. The zero-order chi connectivity index (χ0) is 18.5. The van der Waals surface area contributed by atoms with Crippen LogP contribution in [0.1, 0.15) is 55.1 Å². The lowest BCUT2D eigenvalue weighted by Gasteiger charge is -2.13. The molecule has 0 spiro atoms. The van der Waals surface area contributed by atoms with Gasteiger partial charge in [-0.25, -0.2) is 4.68 Å². The van der Waals surface area contributed by atoms with Crippen molar-refractivity contribution in [2.45, 2.75) is 45.2 Å². The molecule has 2 N–H and O–H groups in total. The van der Waals surface area contributed by atoms with Gasteiger partial charge in [0.15, 0.2) is 0 Å². The molecule has 136 valence electrons. The van der Waals surface area contributed by atoms with Gasteiger partial charge in [0, 0.05) is 23.7 Å². The van der Waals surface area contributed by atoms with Crippen LogP contribution in [0.5, 0.6) is 0 Å². The van der Waals surface area contributed by atoms with E-state index in [0.29, 0.717) is 17.4 Å². The summed E-state index contributed by atoms with van der Waals surface area (Å²) in [6.07, 6.45) is 7.95. The van der Waals surface area contributed by atoms with Gasteiger partial charge in [-0.3, -0.25) is 9.59 Å². The van der Waals surface area contributed by atoms with E-state index in [0.717, 1.165) is 24.8 Å². The summed E-state index contributed by atoms with van der Waals surface area (Å²) in [6.45, 7) is 4.13. The molecule has 1 heterocycles. The van der Waals surface area contributed by atoms with E-state index in [1.165, 1.54) is 6.08 Å². The van der Waals surface area contributed by atoms with Crippen molar-refractivity contribution in [1.82, 2.24) is 15.1 Å². The maximum absolute atomic E-state index is 12.1. The number of benzene rings is 1. The maximum Gasteiger partial charge on any atom is 0.251 e. The average Bonchev–Trinajstić information content (AvgIpc) is 3.35. The van der Waals surface area contributed by atoms with Crippen LogP contribution in [-0.2, 0) is 4.79 Å². The molecule has 0 saturated heterocycles. The van der Waals surface area contributed by atoms with Crippen LogP contribution < -0.4 is 10.6 Å². The van der Waals surface area contributed by atoms with Crippen LogP contribution in [0.2, 0.25) is 0 Å². The summed E-state index contributed by atoms with van der Waals surface area (Å²) in [7, 11) is 0. The number of carbonyl (C=O) groups is 2. The number of hydrogen-bond acceptors (Lipinski definition) is 3. The van der Waals surface area contributed by atoms with Crippen LogP contribution in [0.25, 0.3) is 6.08 Å². The molecule has 2 aromatic rings. The van der Waals surface area contributed by atoms with Gasteiger partial charge >= 0.3 is 0 Å². The number of aromatic nitrogens is 2. The van der Waals surface area contributed by atoms with Crippen molar-refractivity contribution in [2.24, 2.45) is 0 Å². The predicted molar refractivity (Wildman–Crippen MR) is 102 cm³/mol. The number of nitrogens with zero attached hydrogens (tertiary/aromatic N) is 2. The van der Waals surface area contributed by atoms with Crippen molar-refractivity contribution in [3.63, 3.8) is 0 Å². The van der Waals surface area contributed by atoms with Crippen molar-refractivity contribution in [2.75, 3.05) is 5.32 Å². The standard InChI is InChI=1S/C20H24N4O2/c1-3-14(2)24-18(12-13-21-24)23-19(25)11-6-15-4-7-16(8-5-15)20(26)22-17-9-10-17/h4-8,11-14,17H,3,9-10H2,1-2H3,(H,22,26)(H,23,25)/b11-6+. The predicted octanol–water partition coefficient (Wildman–Crippen LogP) is 3.40. The van der Waals surface area contributed by atoms with Gasteiger partial charge < -0.3 is 10.6 Å². The van der Waals surface area contributed by atoms with E-state index >= 15 is 0 Å². The number of amides is 2. The molecular weight excluding hydrogens is 328 g/mol. The molecule has 0 bridgehead atoms. The highest BCUT2D eigenvalue weighted by molar-refractivity contribution is 6.01. The van der Waals surface area contributed by atoms with Crippen LogP contribution in [0.3, 0.4) is 0 Å². The molecule has 1 saturated carbocycles. The minimum absolute atomic E-state index is 0.0425. The van der Waals surface area contributed by atoms with Gasteiger partial charge in [0.05, 0.1) is 12.2 Å². The molecule has 1 unspecified atom stereocenters. The van der Waals surface area contributed by atoms with Crippen molar-refractivity contribution >= 4 is 23.7 Å². The summed E-state index contributed by atoms with van der Waals surface area (Å²) in [6, 6.07) is 9.55. The van der Waals surface area contributed by atoms with Gasteiger partial charge in [0.2, 0.25) is 5.91 Å². The minimum Gasteiger partial charge on any atom is -0.349 e. The summed E-state index contributed by atoms with van der Waals surface area (Å²) >= 11 is 0. The summed E-state index contributed by atoms with van der Waals surface area (Å²) < 4.78 is 1.80. The Morgan fingerprint density at radius 1 is 1.27 bits per heavy atom. The summed E-state index contributed by atoms with van der Waals surface area (Å²) in [5, 5.41) is 10.0. The fourth-order valence-corrected chi connectivity index (χ4v) is 2.52. The number of nitrogens with one attached hydrogen (secondary N) is 2. The molecule has 0 radical (unpaired) electrons. The third-order valence-electron chi connectivity index (χ3n) is 4.44. The van der Waals surface area contributed by atoms with Gasteiger partial charge in [-0.05, 0) is 50.0 Å². The lowest BCUT2D eigenvalue weighted by Crippen LogP contribution is -2.25. The van der Waals surface area contributed by atoms with Gasteiger partial charge in [-0.2, -0.15) is 5.10 Å². The largest absolute Gasteiger partial charge is 0.349 e. The van der Waals surface area contributed by atoms with Gasteiger partial charge in [0.25, 0.3) is 5.91 Å². The van der Waals surface area contributed by atoms with Crippen LogP contribution >= 0.6 is 0 Å². The zero-order valence-electron chi connectivity index (χ0n) is 15.1. The van der Waals surface area contributed by atoms with Crippen molar-refractivity contribution in [3.8, 4) is 0 Å². The Labute approximate surface area is 153 Å². The molecule has 3 rings (SSSR count). The lowest BCUT2D eigenvalue weighted by molar-refractivity contribution is -0.111. The van der Waals surface area contributed by atoms with Crippen LogP contribution in [0, 0.1) is 0 Å². The van der Waals surface area contributed by atoms with Crippen molar-refractivity contribution < 1.29 is 9.59 Å². The van der Waals surface area contributed by atoms with E-state index in [4.69, 9.17) is 0 Å². The van der Waals surface area contributed by atoms with E-state index in [9.17, 15) is 9.59 Å². The fourth-order valence-electron chi connectivity index (χ4n) is 2.52. The Morgan fingerprint density at radius 2 is 2.00 bits per heavy atom. The smallest absolute Gasteiger partial charge is 0.251 e. The second-order valence-electron chi connectivity index (χ2n) is 6.61. The van der Waals surface area contributed by atoms with E-state index in [2.05, 4.69) is 29.6 Å². The minimum atomic E-state index is -0.217. The molecule has 1 aliphatic rings. The molecule has 1 fully saturated rings. The third-order valence-corrected chi connectivity index (χ3v) is 4.44. The van der Waals surface area contributed by atoms with Gasteiger partial charge in [0.1, 0.15) is 5.82 Å². The molecule has 1 aromatic heterocycles. The third kappa shape index (κ3) is 4.59. The summed E-state index contributed by atoms with van der Waals surface area (Å²) in [5.41, 5.74) is 1.49. The second kappa shape index (κ2) is 7.99. The Morgan fingerprint density at radius 3 is 2.65 bits per heavy atom. The highest BCUT2D eigenvalue weighted by atomic mass is 16.2. The first-order chi connectivity index (χ1) is 12.6. The Kier molecular flexibility index (Phi) is 5.51. The van der Waals surface area contributed by atoms with Crippen LogP contribution in [0.15, 0.2) is 42.6 Å². The monoisotopic (exact) mass is 352 g/mol. The number of hydrogen-bond donors (Lipinski definition) is 2. The SMILES string of the molecule is CCC(C)n1nccc1NC(=O)/C=C/c1ccc(C(=O)NC2CC2)cc1. The molecule has 1 aliphatic carbocycles. The van der Waals surface area contributed by atoms with Crippen LogP contribution in [0.4, 0.5) is 5.82 Å². The fraction of sp³-hybridized carbons (Fsp3) is 0.350. The van der Waals surface area contributed by atoms with Crippen molar-refractivity contribution in [3.05, 3.63) is 53.7 Å². The molecule has 1 atom stereocenters. The van der Waals surface area contributed by atoms with Crippen molar-refractivity contribution in [1.29, 1.82) is 0 Å². The first-order valence-electron chi connectivity index (χ1n) is 9.00. The highest BCUT2D eigenvalue weighted by Crippen LogP contribution is 2.19. The Hall–Kier alpha value is -2.89. The average molecular weight is 352 g/mol. The molecular formula is C20H24N4O2. The molecule has 6 nitrogen and oxygen atoms in total. The lowest BCUT2D eigenvalue weighted by atomic mass is 10.1. The normalized spacial score (nSPS) is 15.0. The van der Waals surface area contributed by atoms with E-state index in [1.54, 1.807) is 35.2 Å². The molecule has 2 amide bonds. The number of anilines is 1. The zero-order valence-corrected chi connectivity index (χ0v) is 15.1. The summed E-state index contributed by atoms with van der Waals surface area (Å²) in [4.78, 5) is 24.1. The second-order valence-corrected chi connectivity index (χ2v) is 6.61. The first-order valence-corrected chi connectivity index (χ1v) is 9.00. The molecule has 0 aliphatic heterocycles. The highest BCUT2D eigenvalue weighted by Gasteiger charge is 2.23. The van der Waals surface area contributed by atoms with E-state index < -0.39 is 0 Å². The quantitative estimate of drug-likeness (QED) is 0.750. The Balaban J connectivity index is 1.58. The number of carbonyl (C=O) groups excluding carboxylic acids is 2. The van der Waals surface area contributed by atoms with Crippen LogP contribution in [-0.4, -0.2) is 27.6 Å². The van der Waals surface area contributed by atoms with E-state index in [-0.39, 0.29) is 17.9 Å². The summed E-state index contributed by atoms with van der Waals surface area (Å²) in [5.74, 6) is 0.422. The topological polar surface area (TPSA) is 76.0 Å². The Bertz CT molecular complexity index is 803. The molecule has 26 heavy (non-hydrogen) atoms. The molecule has 6 heteroatoms. The van der Waals surface area contributed by atoms with Gasteiger partial charge in [-0.1, -0.05) is 19.1 Å².